The number of hydrogen-bond acceptors (Lipinski definition) is 8. The molecule has 1 N–H and O–H groups in total. The molecular formula is C18H25NO8. The number of esters is 3. The quantitative estimate of drug-likeness (QED) is 0.386. The van der Waals surface area contributed by atoms with Gasteiger partial charge in [0.1, 0.15) is 17.9 Å². The Kier molecular flexibility index (Phi) is 8.01. The summed E-state index contributed by atoms with van der Waals surface area (Å²) in [6.45, 7) is 5.23. The molecule has 0 radical (unpaired) electrons. The molecule has 0 spiro atoms. The number of hydrogen-bond donors (Lipinski definition) is 1. The van der Waals surface area contributed by atoms with Crippen LogP contribution in [0.5, 0.6) is 0 Å². The zero-order valence-electron chi connectivity index (χ0n) is 16.2. The summed E-state index contributed by atoms with van der Waals surface area (Å²) in [5.41, 5.74) is 0.549. The third-order valence-electron chi connectivity index (χ3n) is 3.56. The molecule has 0 saturated heterocycles. The van der Waals surface area contributed by atoms with E-state index in [0.717, 1.165) is 0 Å². The summed E-state index contributed by atoms with van der Waals surface area (Å²) in [7, 11) is 2.49. The molecule has 0 unspecified atom stereocenters. The van der Waals surface area contributed by atoms with Crippen LogP contribution in [-0.2, 0) is 52.8 Å². The molecule has 0 saturated carbocycles. The SMILES string of the molecule is COC(=O)CCc1c(C(=O)OC(C)(C)C)[nH]c(COC=O)c1CC(=O)OC. The molecule has 0 atom stereocenters. The second-order valence-electron chi connectivity index (χ2n) is 6.67. The predicted molar refractivity (Wildman–Crippen MR) is 92.9 cm³/mol. The zero-order chi connectivity index (χ0) is 20.6. The normalized spacial score (nSPS) is 10.9. The van der Waals surface area contributed by atoms with Gasteiger partial charge in [-0.1, -0.05) is 0 Å². The van der Waals surface area contributed by atoms with Gasteiger partial charge in [-0.25, -0.2) is 4.79 Å². The highest BCUT2D eigenvalue weighted by molar-refractivity contribution is 5.91. The molecule has 9 heteroatoms. The molecule has 27 heavy (non-hydrogen) atoms. The van der Waals surface area contributed by atoms with Crippen molar-refractivity contribution in [3.8, 4) is 0 Å². The van der Waals surface area contributed by atoms with Crippen LogP contribution in [0.1, 0.15) is 54.5 Å². The van der Waals surface area contributed by atoms with E-state index >= 15 is 0 Å². The lowest BCUT2D eigenvalue weighted by Gasteiger charge is -2.19. The van der Waals surface area contributed by atoms with Gasteiger partial charge >= 0.3 is 17.9 Å². The average Bonchev–Trinajstić information content (AvgIpc) is 2.93. The molecule has 0 aromatic carbocycles. The highest BCUT2D eigenvalue weighted by Gasteiger charge is 2.28. The van der Waals surface area contributed by atoms with Crippen LogP contribution in [0.15, 0.2) is 0 Å². The minimum atomic E-state index is -0.746. The van der Waals surface area contributed by atoms with Gasteiger partial charge in [0, 0.05) is 6.42 Å². The first-order valence-corrected chi connectivity index (χ1v) is 8.27. The maximum atomic E-state index is 12.6. The van der Waals surface area contributed by atoms with E-state index in [1.807, 2.05) is 0 Å². The van der Waals surface area contributed by atoms with E-state index in [9.17, 15) is 19.2 Å². The molecule has 0 amide bonds. The smallest absolute Gasteiger partial charge is 0.355 e. The van der Waals surface area contributed by atoms with Crippen molar-refractivity contribution in [1.82, 2.24) is 4.98 Å². The van der Waals surface area contributed by atoms with E-state index in [2.05, 4.69) is 9.72 Å². The van der Waals surface area contributed by atoms with E-state index in [4.69, 9.17) is 14.2 Å². The Hall–Kier alpha value is -2.84. The summed E-state index contributed by atoms with van der Waals surface area (Å²) in [5, 5.41) is 0. The second-order valence-corrected chi connectivity index (χ2v) is 6.67. The van der Waals surface area contributed by atoms with Gasteiger partial charge in [-0.2, -0.15) is 0 Å². The van der Waals surface area contributed by atoms with Crippen molar-refractivity contribution in [2.24, 2.45) is 0 Å². The minimum absolute atomic E-state index is 0.00764. The average molecular weight is 383 g/mol. The standard InChI is InChI=1S/C18H25NO8/c1-18(2,3)27-17(23)16-11(6-7-14(21)24-4)12(8-15(22)25-5)13(19-16)9-26-10-20/h10,19H,6-9H2,1-5H3. The summed E-state index contributed by atoms with van der Waals surface area (Å²) in [5.74, 6) is -1.66. The van der Waals surface area contributed by atoms with Gasteiger partial charge in [-0.15, -0.1) is 0 Å². The number of rotatable bonds is 9. The topological polar surface area (TPSA) is 121 Å². The molecule has 0 aliphatic carbocycles. The van der Waals surface area contributed by atoms with E-state index in [0.29, 0.717) is 16.8 Å². The first-order valence-electron chi connectivity index (χ1n) is 8.27. The Morgan fingerprint density at radius 3 is 2.19 bits per heavy atom. The molecule has 0 aliphatic rings. The van der Waals surface area contributed by atoms with Gasteiger partial charge in [-0.05, 0) is 38.3 Å². The molecule has 1 heterocycles. The monoisotopic (exact) mass is 383 g/mol. The Labute approximate surface area is 157 Å². The van der Waals surface area contributed by atoms with Crippen LogP contribution in [0.25, 0.3) is 0 Å². The summed E-state index contributed by atoms with van der Waals surface area (Å²) in [6.07, 6.45) is -0.0404. The number of aromatic nitrogens is 1. The Morgan fingerprint density at radius 1 is 1.04 bits per heavy atom. The summed E-state index contributed by atoms with van der Waals surface area (Å²) >= 11 is 0. The van der Waals surface area contributed by atoms with E-state index < -0.39 is 23.5 Å². The molecule has 1 aromatic rings. The highest BCUT2D eigenvalue weighted by Crippen LogP contribution is 2.25. The molecular weight excluding hydrogens is 358 g/mol. The van der Waals surface area contributed by atoms with Crippen molar-refractivity contribution >= 4 is 24.4 Å². The van der Waals surface area contributed by atoms with Crippen molar-refractivity contribution in [2.75, 3.05) is 14.2 Å². The highest BCUT2D eigenvalue weighted by atomic mass is 16.6. The van der Waals surface area contributed by atoms with Gasteiger partial charge < -0.3 is 23.9 Å². The third-order valence-corrected chi connectivity index (χ3v) is 3.56. The maximum Gasteiger partial charge on any atom is 0.355 e. The fourth-order valence-corrected chi connectivity index (χ4v) is 2.41. The van der Waals surface area contributed by atoms with E-state index in [1.54, 1.807) is 20.8 Å². The fraction of sp³-hybridized carbons (Fsp3) is 0.556. The lowest BCUT2D eigenvalue weighted by Crippen LogP contribution is -2.25. The summed E-state index contributed by atoms with van der Waals surface area (Å²) in [4.78, 5) is 49.4. The fourth-order valence-electron chi connectivity index (χ4n) is 2.41. The lowest BCUT2D eigenvalue weighted by molar-refractivity contribution is -0.141. The lowest BCUT2D eigenvalue weighted by atomic mass is 10.0. The van der Waals surface area contributed by atoms with Gasteiger partial charge in [0.15, 0.2) is 0 Å². The van der Waals surface area contributed by atoms with E-state index in [-0.39, 0.29) is 38.0 Å². The molecule has 0 fully saturated rings. The van der Waals surface area contributed by atoms with Crippen LogP contribution in [0.2, 0.25) is 0 Å². The van der Waals surface area contributed by atoms with Crippen molar-refractivity contribution in [2.45, 2.75) is 52.2 Å². The molecule has 1 aromatic heterocycles. The Bertz CT molecular complexity index is 699. The molecule has 9 nitrogen and oxygen atoms in total. The van der Waals surface area contributed by atoms with Crippen molar-refractivity contribution < 1.29 is 38.1 Å². The number of ether oxygens (including phenoxy) is 4. The summed E-state index contributed by atoms with van der Waals surface area (Å²) < 4.78 is 19.5. The molecule has 0 aliphatic heterocycles. The van der Waals surface area contributed by atoms with Crippen LogP contribution >= 0.6 is 0 Å². The second kappa shape index (κ2) is 9.75. The van der Waals surface area contributed by atoms with Gasteiger partial charge in [-0.3, -0.25) is 14.4 Å². The van der Waals surface area contributed by atoms with Gasteiger partial charge in [0.05, 0.1) is 26.3 Å². The van der Waals surface area contributed by atoms with Gasteiger partial charge in [0.2, 0.25) is 0 Å². The zero-order valence-corrected chi connectivity index (χ0v) is 16.2. The number of carbonyl (C=O) groups excluding carboxylic acids is 4. The number of carbonyl (C=O) groups is 4. The molecule has 0 bridgehead atoms. The van der Waals surface area contributed by atoms with E-state index in [1.165, 1.54) is 14.2 Å². The van der Waals surface area contributed by atoms with Crippen LogP contribution < -0.4 is 0 Å². The first-order chi connectivity index (χ1) is 12.6. The number of aromatic amines is 1. The number of methoxy groups -OCH3 is 2. The number of nitrogens with one attached hydrogen (secondary N) is 1. The van der Waals surface area contributed by atoms with Crippen LogP contribution in [0.4, 0.5) is 0 Å². The molecule has 150 valence electrons. The maximum absolute atomic E-state index is 12.6. The largest absolute Gasteiger partial charge is 0.469 e. The Balaban J connectivity index is 3.38. The van der Waals surface area contributed by atoms with Crippen molar-refractivity contribution in [1.29, 1.82) is 0 Å². The first kappa shape index (κ1) is 22.2. The summed E-state index contributed by atoms with van der Waals surface area (Å²) in [6, 6.07) is 0. The molecule has 1 rings (SSSR count). The van der Waals surface area contributed by atoms with Gasteiger partial charge in [0.25, 0.3) is 6.47 Å². The Morgan fingerprint density at radius 2 is 1.67 bits per heavy atom. The third kappa shape index (κ3) is 6.76. The van der Waals surface area contributed by atoms with Crippen LogP contribution in [0.3, 0.4) is 0 Å². The minimum Gasteiger partial charge on any atom is -0.469 e. The van der Waals surface area contributed by atoms with Crippen molar-refractivity contribution in [3.63, 3.8) is 0 Å². The van der Waals surface area contributed by atoms with Crippen molar-refractivity contribution in [3.05, 3.63) is 22.5 Å². The van der Waals surface area contributed by atoms with Crippen LogP contribution in [-0.4, -0.2) is 49.2 Å². The predicted octanol–water partition coefficient (Wildman–Crippen LogP) is 1.46. The number of H-pyrrole nitrogens is 1. The van der Waals surface area contributed by atoms with Crippen LogP contribution in [0, 0.1) is 0 Å².